The Kier molecular flexibility index (Phi) is 6.88. The molecule has 2 aliphatic carbocycles. The van der Waals surface area contributed by atoms with Crippen molar-refractivity contribution >= 4 is 34.1 Å². The maximum absolute atomic E-state index is 13.1. The van der Waals surface area contributed by atoms with Gasteiger partial charge in [0.05, 0.1) is 12.0 Å². The Labute approximate surface area is 163 Å². The number of anilines is 1. The van der Waals surface area contributed by atoms with Crippen LogP contribution in [0.5, 0.6) is 0 Å². The van der Waals surface area contributed by atoms with Crippen LogP contribution in [0.25, 0.3) is 0 Å². The van der Waals surface area contributed by atoms with Crippen molar-refractivity contribution in [2.24, 2.45) is 0 Å². The van der Waals surface area contributed by atoms with E-state index in [4.69, 9.17) is 5.11 Å². The first-order chi connectivity index (χ1) is 13.0. The minimum atomic E-state index is -0.998. The van der Waals surface area contributed by atoms with E-state index < -0.39 is 5.97 Å². The van der Waals surface area contributed by atoms with Gasteiger partial charge in [0.25, 0.3) is 5.91 Å². The van der Waals surface area contributed by atoms with E-state index in [1.165, 1.54) is 22.6 Å². The molecule has 0 unspecified atom stereocenters. The molecule has 1 heterocycles. The predicted octanol–water partition coefficient (Wildman–Crippen LogP) is 3.88. The SMILES string of the molecule is O=C(O)CCC(=O)Nc1sc2c(c1C(=O)NC1CCCCC1)CCCCC2. The minimum absolute atomic E-state index is 0.0818. The third kappa shape index (κ3) is 5.31. The van der Waals surface area contributed by atoms with Gasteiger partial charge in [0.1, 0.15) is 5.00 Å². The summed E-state index contributed by atoms with van der Waals surface area (Å²) in [6, 6.07) is 0.211. The number of aryl methyl sites for hydroxylation is 1. The second-order valence-corrected chi connectivity index (χ2v) is 8.62. The molecule has 7 heteroatoms. The maximum Gasteiger partial charge on any atom is 0.303 e. The highest BCUT2D eigenvalue weighted by atomic mass is 32.1. The van der Waals surface area contributed by atoms with Crippen LogP contribution in [0.3, 0.4) is 0 Å². The number of nitrogens with one attached hydrogen (secondary N) is 2. The molecule has 0 atom stereocenters. The zero-order valence-corrected chi connectivity index (χ0v) is 16.5. The highest BCUT2D eigenvalue weighted by Crippen LogP contribution is 2.38. The zero-order chi connectivity index (χ0) is 19.2. The van der Waals surface area contributed by atoms with Crippen molar-refractivity contribution in [2.45, 2.75) is 83.1 Å². The van der Waals surface area contributed by atoms with Crippen LogP contribution >= 0.6 is 11.3 Å². The van der Waals surface area contributed by atoms with Crippen molar-refractivity contribution in [2.75, 3.05) is 5.32 Å². The molecule has 1 saturated carbocycles. The Morgan fingerprint density at radius 3 is 2.41 bits per heavy atom. The molecule has 2 amide bonds. The Morgan fingerprint density at radius 2 is 1.67 bits per heavy atom. The number of hydrogen-bond donors (Lipinski definition) is 3. The number of hydrogen-bond acceptors (Lipinski definition) is 4. The average Bonchev–Trinajstić information content (AvgIpc) is 2.81. The number of fused-ring (bicyclic) bond motifs is 1. The Morgan fingerprint density at radius 1 is 0.963 bits per heavy atom. The van der Waals surface area contributed by atoms with Gasteiger partial charge in [0.15, 0.2) is 0 Å². The molecule has 0 aromatic carbocycles. The number of carbonyl (C=O) groups excluding carboxylic acids is 2. The molecule has 0 spiro atoms. The lowest BCUT2D eigenvalue weighted by atomic mass is 9.95. The molecule has 2 aliphatic rings. The van der Waals surface area contributed by atoms with E-state index in [2.05, 4.69) is 10.6 Å². The zero-order valence-electron chi connectivity index (χ0n) is 15.6. The normalized spacial score (nSPS) is 17.6. The van der Waals surface area contributed by atoms with Gasteiger partial charge in [-0.25, -0.2) is 0 Å². The van der Waals surface area contributed by atoms with Crippen LogP contribution in [0.15, 0.2) is 0 Å². The molecule has 3 rings (SSSR count). The van der Waals surface area contributed by atoms with E-state index in [1.54, 1.807) is 0 Å². The second-order valence-electron chi connectivity index (χ2n) is 7.52. The summed E-state index contributed by atoms with van der Waals surface area (Å²) in [5.41, 5.74) is 1.70. The number of carboxylic acid groups (broad SMARTS) is 1. The van der Waals surface area contributed by atoms with Crippen LogP contribution in [0.2, 0.25) is 0 Å². The smallest absolute Gasteiger partial charge is 0.303 e. The lowest BCUT2D eigenvalue weighted by Gasteiger charge is -2.23. The fraction of sp³-hybridized carbons (Fsp3) is 0.650. The molecular weight excluding hydrogens is 364 g/mol. The maximum atomic E-state index is 13.1. The van der Waals surface area contributed by atoms with Gasteiger partial charge in [0, 0.05) is 17.3 Å². The summed E-state index contributed by atoms with van der Waals surface area (Å²) >= 11 is 1.49. The summed E-state index contributed by atoms with van der Waals surface area (Å²) in [5, 5.41) is 15.4. The third-order valence-electron chi connectivity index (χ3n) is 5.41. The molecule has 148 valence electrons. The summed E-state index contributed by atoms with van der Waals surface area (Å²) in [6.07, 6.45) is 10.4. The monoisotopic (exact) mass is 392 g/mol. The first-order valence-electron chi connectivity index (χ1n) is 10.0. The molecule has 27 heavy (non-hydrogen) atoms. The van der Waals surface area contributed by atoms with Gasteiger partial charge in [-0.1, -0.05) is 25.7 Å². The Bertz CT molecular complexity index is 707. The van der Waals surface area contributed by atoms with E-state index in [1.807, 2.05) is 0 Å². The number of thiophene rings is 1. The average molecular weight is 393 g/mol. The molecule has 0 radical (unpaired) electrons. The quantitative estimate of drug-likeness (QED) is 0.640. The minimum Gasteiger partial charge on any atom is -0.481 e. The molecule has 0 bridgehead atoms. The van der Waals surface area contributed by atoms with Crippen molar-refractivity contribution in [3.8, 4) is 0 Å². The van der Waals surface area contributed by atoms with Gasteiger partial charge in [-0.3, -0.25) is 14.4 Å². The molecular formula is C20H28N2O4S. The highest BCUT2D eigenvalue weighted by Gasteiger charge is 2.27. The van der Waals surface area contributed by atoms with E-state index >= 15 is 0 Å². The van der Waals surface area contributed by atoms with Gasteiger partial charge < -0.3 is 15.7 Å². The van der Waals surface area contributed by atoms with Crippen LogP contribution in [-0.4, -0.2) is 28.9 Å². The lowest BCUT2D eigenvalue weighted by Crippen LogP contribution is -2.36. The van der Waals surface area contributed by atoms with E-state index in [9.17, 15) is 14.4 Å². The summed E-state index contributed by atoms with van der Waals surface area (Å²) in [4.78, 5) is 37.1. The largest absolute Gasteiger partial charge is 0.481 e. The molecule has 1 fully saturated rings. The second kappa shape index (κ2) is 9.35. The first kappa shape index (κ1) is 19.9. The van der Waals surface area contributed by atoms with Gasteiger partial charge in [0.2, 0.25) is 5.91 Å². The lowest BCUT2D eigenvalue weighted by molar-refractivity contribution is -0.138. The van der Waals surface area contributed by atoms with Crippen LogP contribution in [0.4, 0.5) is 5.00 Å². The number of aliphatic carboxylic acids is 1. The molecule has 1 aromatic rings. The van der Waals surface area contributed by atoms with Gasteiger partial charge >= 0.3 is 5.97 Å². The van der Waals surface area contributed by atoms with Crippen LogP contribution < -0.4 is 10.6 Å². The molecule has 0 saturated heterocycles. The summed E-state index contributed by atoms with van der Waals surface area (Å²) in [7, 11) is 0. The molecule has 6 nitrogen and oxygen atoms in total. The van der Waals surface area contributed by atoms with Gasteiger partial charge in [-0.05, 0) is 44.1 Å². The van der Waals surface area contributed by atoms with E-state index in [-0.39, 0.29) is 30.7 Å². The van der Waals surface area contributed by atoms with Crippen molar-refractivity contribution in [3.63, 3.8) is 0 Å². The van der Waals surface area contributed by atoms with Gasteiger partial charge in [-0.15, -0.1) is 11.3 Å². The van der Waals surface area contributed by atoms with Gasteiger partial charge in [-0.2, -0.15) is 0 Å². The van der Waals surface area contributed by atoms with Crippen molar-refractivity contribution in [1.82, 2.24) is 5.32 Å². The predicted molar refractivity (Wildman–Crippen MR) is 105 cm³/mol. The highest BCUT2D eigenvalue weighted by molar-refractivity contribution is 7.17. The van der Waals surface area contributed by atoms with Crippen LogP contribution in [-0.2, 0) is 22.4 Å². The standard InChI is InChI=1S/C20H28N2O4S/c23-16(11-12-17(24)25)22-20-18(14-9-5-2-6-10-15(14)27-20)19(26)21-13-7-3-1-4-8-13/h13H,1-12H2,(H,21,26)(H,22,23)(H,24,25). The molecule has 0 aliphatic heterocycles. The molecule has 3 N–H and O–H groups in total. The summed E-state index contributed by atoms with van der Waals surface area (Å²) in [5.74, 6) is -1.43. The number of carbonyl (C=O) groups is 3. The third-order valence-corrected chi connectivity index (χ3v) is 6.61. The Hall–Kier alpha value is -1.89. The van der Waals surface area contributed by atoms with Crippen molar-refractivity contribution in [3.05, 3.63) is 16.0 Å². The first-order valence-corrected chi connectivity index (χ1v) is 10.8. The summed E-state index contributed by atoms with van der Waals surface area (Å²) < 4.78 is 0. The number of rotatable bonds is 6. The van der Waals surface area contributed by atoms with Crippen molar-refractivity contribution < 1.29 is 19.5 Å². The fourth-order valence-electron chi connectivity index (χ4n) is 3.98. The van der Waals surface area contributed by atoms with E-state index in [0.29, 0.717) is 10.6 Å². The summed E-state index contributed by atoms with van der Waals surface area (Å²) in [6.45, 7) is 0. The number of carboxylic acids is 1. The topological polar surface area (TPSA) is 95.5 Å². The number of amides is 2. The van der Waals surface area contributed by atoms with Crippen LogP contribution in [0, 0.1) is 0 Å². The van der Waals surface area contributed by atoms with Crippen molar-refractivity contribution in [1.29, 1.82) is 0 Å². The Balaban J connectivity index is 1.80. The van der Waals surface area contributed by atoms with E-state index in [0.717, 1.165) is 63.4 Å². The fourth-order valence-corrected chi connectivity index (χ4v) is 5.29. The van der Waals surface area contributed by atoms with Crippen LogP contribution in [0.1, 0.15) is 85.0 Å². The molecule has 1 aromatic heterocycles.